The van der Waals surface area contributed by atoms with E-state index in [1.54, 1.807) is 6.92 Å². The summed E-state index contributed by atoms with van der Waals surface area (Å²) in [5.74, 6) is 0.275. The Kier molecular flexibility index (Phi) is 8.38. The molecule has 0 bridgehead atoms. The maximum absolute atomic E-state index is 11.1. The molecule has 15 heavy (non-hydrogen) atoms. The lowest BCUT2D eigenvalue weighted by molar-refractivity contribution is -0.153. The lowest BCUT2D eigenvalue weighted by Crippen LogP contribution is -2.24. The summed E-state index contributed by atoms with van der Waals surface area (Å²) in [7, 11) is 1.39. The summed E-state index contributed by atoms with van der Waals surface area (Å²) < 4.78 is 10.1. The van der Waals surface area contributed by atoms with Crippen LogP contribution in [0.25, 0.3) is 0 Å². The van der Waals surface area contributed by atoms with E-state index in [1.807, 2.05) is 0 Å². The number of carbonyl (C=O) groups is 1. The van der Waals surface area contributed by atoms with E-state index < -0.39 is 6.10 Å². The molecule has 1 unspecified atom stereocenters. The van der Waals surface area contributed by atoms with Crippen molar-refractivity contribution >= 4 is 5.97 Å². The normalized spacial score (nSPS) is 14.7. The van der Waals surface area contributed by atoms with Crippen LogP contribution in [0.5, 0.6) is 0 Å². The maximum atomic E-state index is 11.1. The van der Waals surface area contributed by atoms with Crippen molar-refractivity contribution in [2.45, 2.75) is 52.6 Å². The minimum absolute atomic E-state index is 0.291. The van der Waals surface area contributed by atoms with E-state index in [2.05, 4.69) is 18.6 Å². The van der Waals surface area contributed by atoms with Crippen LogP contribution >= 0.6 is 0 Å². The van der Waals surface area contributed by atoms with Gasteiger partial charge in [-0.05, 0) is 19.3 Å². The van der Waals surface area contributed by atoms with Crippen molar-refractivity contribution in [3.8, 4) is 0 Å². The fourth-order valence-corrected chi connectivity index (χ4v) is 1.41. The molecule has 0 spiro atoms. The molecule has 0 amide bonds. The van der Waals surface area contributed by atoms with Gasteiger partial charge in [0.2, 0.25) is 0 Å². The Morgan fingerprint density at radius 3 is 2.47 bits per heavy atom. The number of hydrogen-bond acceptors (Lipinski definition) is 3. The lowest BCUT2D eigenvalue weighted by Gasteiger charge is -2.17. The number of esters is 1. The van der Waals surface area contributed by atoms with Gasteiger partial charge in [-0.3, -0.25) is 0 Å². The zero-order valence-electron chi connectivity index (χ0n) is 10.4. The molecule has 0 aromatic heterocycles. The number of ether oxygens (including phenoxy) is 2. The molecule has 0 rings (SSSR count). The zero-order chi connectivity index (χ0) is 11.7. The number of methoxy groups -OCH3 is 1. The van der Waals surface area contributed by atoms with Gasteiger partial charge >= 0.3 is 5.97 Å². The molecule has 0 saturated heterocycles. The van der Waals surface area contributed by atoms with Crippen LogP contribution in [-0.2, 0) is 14.3 Å². The Labute approximate surface area is 93.1 Å². The van der Waals surface area contributed by atoms with Crippen LogP contribution in [0.15, 0.2) is 0 Å². The first-order valence-corrected chi connectivity index (χ1v) is 5.85. The molecular formula is C12H24O3. The standard InChI is InChI=1S/C12H24O3/c1-5-7-8-11(6-2)9-15-10(3)12(13)14-4/h10-11H,5-9H2,1-4H3/t10-,11?/m0/s1. The first-order valence-electron chi connectivity index (χ1n) is 5.85. The van der Waals surface area contributed by atoms with Crippen LogP contribution in [0.3, 0.4) is 0 Å². The third kappa shape index (κ3) is 6.50. The summed E-state index contributed by atoms with van der Waals surface area (Å²) in [6, 6.07) is 0. The minimum Gasteiger partial charge on any atom is -0.467 e. The molecule has 3 heteroatoms. The number of carbonyl (C=O) groups excluding carboxylic acids is 1. The lowest BCUT2D eigenvalue weighted by atomic mass is 10.0. The Morgan fingerprint density at radius 2 is 2.00 bits per heavy atom. The Bertz CT molecular complexity index is 168. The Hall–Kier alpha value is -0.570. The third-order valence-electron chi connectivity index (χ3n) is 2.66. The molecular weight excluding hydrogens is 192 g/mol. The summed E-state index contributed by atoms with van der Waals surface area (Å²) in [4.78, 5) is 11.1. The predicted octanol–water partition coefficient (Wildman–Crippen LogP) is 2.78. The Balaban J connectivity index is 3.74. The second-order valence-electron chi connectivity index (χ2n) is 3.92. The van der Waals surface area contributed by atoms with Gasteiger partial charge in [0.05, 0.1) is 13.7 Å². The quantitative estimate of drug-likeness (QED) is 0.585. The van der Waals surface area contributed by atoms with Gasteiger partial charge in [-0.15, -0.1) is 0 Å². The van der Waals surface area contributed by atoms with E-state index in [-0.39, 0.29) is 5.97 Å². The van der Waals surface area contributed by atoms with E-state index in [0.29, 0.717) is 12.5 Å². The fraction of sp³-hybridized carbons (Fsp3) is 0.917. The van der Waals surface area contributed by atoms with Gasteiger partial charge in [0.15, 0.2) is 6.10 Å². The molecule has 0 aliphatic rings. The number of unbranched alkanes of at least 4 members (excludes halogenated alkanes) is 1. The number of rotatable bonds is 8. The highest BCUT2D eigenvalue weighted by molar-refractivity contribution is 5.73. The van der Waals surface area contributed by atoms with Crippen LogP contribution in [0.1, 0.15) is 46.5 Å². The summed E-state index contributed by atoms with van der Waals surface area (Å²) in [5, 5.41) is 0. The molecule has 3 nitrogen and oxygen atoms in total. The molecule has 0 aliphatic heterocycles. The van der Waals surface area contributed by atoms with Crippen molar-refractivity contribution in [1.82, 2.24) is 0 Å². The second kappa shape index (κ2) is 8.72. The highest BCUT2D eigenvalue weighted by Gasteiger charge is 2.15. The molecule has 2 atom stereocenters. The molecule has 90 valence electrons. The van der Waals surface area contributed by atoms with Crippen molar-refractivity contribution in [1.29, 1.82) is 0 Å². The summed E-state index contributed by atoms with van der Waals surface area (Å²) in [6.45, 7) is 6.74. The van der Waals surface area contributed by atoms with Crippen molar-refractivity contribution in [3.63, 3.8) is 0 Å². The van der Waals surface area contributed by atoms with Gasteiger partial charge in [0.1, 0.15) is 0 Å². The van der Waals surface area contributed by atoms with Gasteiger partial charge in [0.25, 0.3) is 0 Å². The van der Waals surface area contributed by atoms with E-state index in [4.69, 9.17) is 4.74 Å². The fourth-order valence-electron chi connectivity index (χ4n) is 1.41. The maximum Gasteiger partial charge on any atom is 0.334 e. The molecule has 0 aliphatic carbocycles. The smallest absolute Gasteiger partial charge is 0.334 e. The van der Waals surface area contributed by atoms with Crippen LogP contribution in [-0.4, -0.2) is 25.8 Å². The van der Waals surface area contributed by atoms with Gasteiger partial charge in [0, 0.05) is 0 Å². The average Bonchev–Trinajstić information content (AvgIpc) is 2.27. The molecule has 0 saturated carbocycles. The SMILES string of the molecule is CCCCC(CC)CO[C@@H](C)C(=O)OC. The van der Waals surface area contributed by atoms with Crippen LogP contribution < -0.4 is 0 Å². The van der Waals surface area contributed by atoms with E-state index in [9.17, 15) is 4.79 Å². The highest BCUT2D eigenvalue weighted by atomic mass is 16.6. The largest absolute Gasteiger partial charge is 0.467 e. The predicted molar refractivity (Wildman–Crippen MR) is 60.7 cm³/mol. The average molecular weight is 216 g/mol. The summed E-state index contributed by atoms with van der Waals surface area (Å²) in [5.41, 5.74) is 0. The van der Waals surface area contributed by atoms with E-state index in [1.165, 1.54) is 26.4 Å². The first-order chi connectivity index (χ1) is 7.15. The molecule has 0 aromatic carbocycles. The van der Waals surface area contributed by atoms with Gasteiger partial charge in [-0.2, -0.15) is 0 Å². The molecule has 0 fully saturated rings. The summed E-state index contributed by atoms with van der Waals surface area (Å²) >= 11 is 0. The van der Waals surface area contributed by atoms with Crippen molar-refractivity contribution in [2.75, 3.05) is 13.7 Å². The molecule has 0 N–H and O–H groups in total. The Morgan fingerprint density at radius 1 is 1.33 bits per heavy atom. The first kappa shape index (κ1) is 14.4. The van der Waals surface area contributed by atoms with E-state index >= 15 is 0 Å². The minimum atomic E-state index is -0.439. The van der Waals surface area contributed by atoms with Gasteiger partial charge in [-0.25, -0.2) is 4.79 Å². The second-order valence-corrected chi connectivity index (χ2v) is 3.92. The van der Waals surface area contributed by atoms with E-state index in [0.717, 1.165) is 6.42 Å². The summed E-state index contributed by atoms with van der Waals surface area (Å²) in [6.07, 6.45) is 4.29. The highest BCUT2D eigenvalue weighted by Crippen LogP contribution is 2.13. The van der Waals surface area contributed by atoms with Crippen LogP contribution in [0.2, 0.25) is 0 Å². The zero-order valence-corrected chi connectivity index (χ0v) is 10.4. The van der Waals surface area contributed by atoms with Crippen LogP contribution in [0.4, 0.5) is 0 Å². The molecule has 0 aromatic rings. The van der Waals surface area contributed by atoms with Gasteiger partial charge < -0.3 is 9.47 Å². The monoisotopic (exact) mass is 216 g/mol. The molecule has 0 heterocycles. The van der Waals surface area contributed by atoms with Crippen molar-refractivity contribution in [3.05, 3.63) is 0 Å². The number of hydrogen-bond donors (Lipinski definition) is 0. The van der Waals surface area contributed by atoms with Crippen LogP contribution in [0, 0.1) is 5.92 Å². The van der Waals surface area contributed by atoms with Crippen molar-refractivity contribution in [2.24, 2.45) is 5.92 Å². The topological polar surface area (TPSA) is 35.5 Å². The van der Waals surface area contributed by atoms with Crippen molar-refractivity contribution < 1.29 is 14.3 Å². The third-order valence-corrected chi connectivity index (χ3v) is 2.66. The molecule has 0 radical (unpaired) electrons. The van der Waals surface area contributed by atoms with Gasteiger partial charge in [-0.1, -0.05) is 33.1 Å².